The number of guanidine groups is 1. The molecule has 1 heterocycles. The van der Waals surface area contributed by atoms with Crippen molar-refractivity contribution in [3.05, 3.63) is 0 Å². The third-order valence-electron chi connectivity index (χ3n) is 3.20. The third kappa shape index (κ3) is 3.83. The van der Waals surface area contributed by atoms with Crippen LogP contribution in [0.3, 0.4) is 0 Å². The van der Waals surface area contributed by atoms with Crippen LogP contribution in [0.2, 0.25) is 0 Å². The molecule has 0 aliphatic carbocycles. The van der Waals surface area contributed by atoms with Crippen LogP contribution in [-0.4, -0.2) is 62.1 Å². The van der Waals surface area contributed by atoms with Gasteiger partial charge in [0.25, 0.3) is 0 Å². The van der Waals surface area contributed by atoms with Crippen molar-refractivity contribution in [2.45, 2.75) is 12.0 Å². The Kier molecular flexibility index (Phi) is 5.66. The van der Waals surface area contributed by atoms with E-state index in [9.17, 15) is 0 Å². The molecule has 0 aromatic heterocycles. The fourth-order valence-electron chi connectivity index (χ4n) is 1.85. The lowest BCUT2D eigenvalue weighted by molar-refractivity contribution is 0.183. The highest BCUT2D eigenvalue weighted by Crippen LogP contribution is 2.31. The molecule has 2 N–H and O–H groups in total. The first-order valence-electron chi connectivity index (χ1n) is 5.78. The molecule has 5 heteroatoms. The molecule has 1 fully saturated rings. The van der Waals surface area contributed by atoms with Crippen LogP contribution in [0, 0.1) is 12.3 Å². The molecule has 4 nitrogen and oxygen atoms in total. The largest absolute Gasteiger partial charge is 0.355 e. The number of terminal acetylenes is 1. The van der Waals surface area contributed by atoms with Crippen LogP contribution in [0.25, 0.3) is 0 Å². The van der Waals surface area contributed by atoms with E-state index in [1.54, 1.807) is 7.05 Å². The second-order valence-corrected chi connectivity index (χ2v) is 5.51. The van der Waals surface area contributed by atoms with Gasteiger partial charge in [0.2, 0.25) is 0 Å². The Morgan fingerprint density at radius 3 is 2.76 bits per heavy atom. The quantitative estimate of drug-likeness (QED) is 0.428. The van der Waals surface area contributed by atoms with Crippen LogP contribution in [0.4, 0.5) is 0 Å². The van der Waals surface area contributed by atoms with Crippen LogP contribution >= 0.6 is 11.8 Å². The molecule has 1 aliphatic rings. The summed E-state index contributed by atoms with van der Waals surface area (Å²) in [6, 6.07) is 0. The minimum atomic E-state index is 0.235. The van der Waals surface area contributed by atoms with E-state index in [1.165, 1.54) is 17.9 Å². The fraction of sp³-hybridized carbons (Fsp3) is 0.750. The molecule has 1 saturated heterocycles. The molecule has 0 saturated carbocycles. The molecule has 1 aliphatic heterocycles. The average molecular weight is 254 g/mol. The summed E-state index contributed by atoms with van der Waals surface area (Å²) in [5.74, 6) is 5.72. The minimum Gasteiger partial charge on any atom is -0.355 e. The number of nitrogens with zero attached hydrogens (tertiary/aromatic N) is 2. The van der Waals surface area contributed by atoms with Crippen molar-refractivity contribution >= 4 is 17.7 Å². The van der Waals surface area contributed by atoms with E-state index < -0.39 is 0 Å². The summed E-state index contributed by atoms with van der Waals surface area (Å²) in [6.45, 7) is 1.40. The third-order valence-corrected chi connectivity index (χ3v) is 4.43. The van der Waals surface area contributed by atoms with Gasteiger partial charge in [0.15, 0.2) is 5.96 Å². The molecule has 1 atom stereocenters. The summed E-state index contributed by atoms with van der Waals surface area (Å²) in [4.78, 5) is 6.46. The molecule has 0 aromatic rings. The Labute approximate surface area is 109 Å². The fourth-order valence-corrected chi connectivity index (χ4v) is 3.40. The first kappa shape index (κ1) is 14.2. The van der Waals surface area contributed by atoms with Gasteiger partial charge >= 0.3 is 0 Å². The number of hydrogen-bond donors (Lipinski definition) is 2. The van der Waals surface area contributed by atoms with Gasteiger partial charge in [0.1, 0.15) is 0 Å². The highest BCUT2D eigenvalue weighted by atomic mass is 32.2. The van der Waals surface area contributed by atoms with E-state index in [2.05, 4.69) is 40.5 Å². The van der Waals surface area contributed by atoms with Gasteiger partial charge in [-0.1, -0.05) is 5.92 Å². The lowest BCUT2D eigenvalue weighted by Gasteiger charge is -2.36. The first-order chi connectivity index (χ1) is 8.14. The SMILES string of the molecule is C#CCNC(=NC)NCC1(N(C)C)CCSC1. The maximum Gasteiger partial charge on any atom is 0.191 e. The maximum absolute atomic E-state index is 5.22. The van der Waals surface area contributed by atoms with E-state index in [-0.39, 0.29) is 5.54 Å². The van der Waals surface area contributed by atoms with Gasteiger partial charge in [0, 0.05) is 24.9 Å². The van der Waals surface area contributed by atoms with Gasteiger partial charge in [-0.25, -0.2) is 0 Å². The molecule has 1 rings (SSSR count). The highest BCUT2D eigenvalue weighted by molar-refractivity contribution is 7.99. The van der Waals surface area contributed by atoms with Gasteiger partial charge in [-0.2, -0.15) is 11.8 Å². The van der Waals surface area contributed by atoms with Crippen LogP contribution in [0.5, 0.6) is 0 Å². The highest BCUT2D eigenvalue weighted by Gasteiger charge is 2.36. The number of likely N-dealkylation sites (N-methyl/N-ethyl adjacent to an activating group) is 1. The summed E-state index contributed by atoms with van der Waals surface area (Å²) >= 11 is 2.01. The van der Waals surface area contributed by atoms with Crippen molar-refractivity contribution < 1.29 is 0 Å². The van der Waals surface area contributed by atoms with Crippen molar-refractivity contribution in [3.8, 4) is 12.3 Å². The van der Waals surface area contributed by atoms with Gasteiger partial charge in [0.05, 0.1) is 6.54 Å². The van der Waals surface area contributed by atoms with E-state index in [0.717, 1.165) is 12.5 Å². The second-order valence-electron chi connectivity index (χ2n) is 4.40. The zero-order valence-electron chi connectivity index (χ0n) is 10.9. The van der Waals surface area contributed by atoms with Crippen LogP contribution in [0.1, 0.15) is 6.42 Å². The summed E-state index contributed by atoms with van der Waals surface area (Å²) in [5, 5.41) is 6.43. The van der Waals surface area contributed by atoms with Crippen LogP contribution in [-0.2, 0) is 0 Å². The molecule has 0 radical (unpaired) electrons. The van der Waals surface area contributed by atoms with Crippen molar-refractivity contribution in [2.75, 3.05) is 45.7 Å². The number of nitrogens with one attached hydrogen (secondary N) is 2. The minimum absolute atomic E-state index is 0.235. The predicted molar refractivity (Wildman–Crippen MR) is 76.6 cm³/mol. The van der Waals surface area contributed by atoms with E-state index in [0.29, 0.717) is 6.54 Å². The molecular formula is C12H22N4S. The van der Waals surface area contributed by atoms with Crippen LogP contribution < -0.4 is 10.6 Å². The molecule has 17 heavy (non-hydrogen) atoms. The average Bonchev–Trinajstić information content (AvgIpc) is 2.79. The Bertz CT molecular complexity index is 300. The molecule has 96 valence electrons. The van der Waals surface area contributed by atoms with Crippen LogP contribution in [0.15, 0.2) is 4.99 Å². The Morgan fingerprint density at radius 2 is 2.29 bits per heavy atom. The summed E-state index contributed by atoms with van der Waals surface area (Å²) in [5.41, 5.74) is 0.235. The first-order valence-corrected chi connectivity index (χ1v) is 6.93. The zero-order valence-corrected chi connectivity index (χ0v) is 11.7. The number of aliphatic imine (C=N–C) groups is 1. The molecule has 0 spiro atoms. The second kappa shape index (κ2) is 6.77. The molecule has 1 unspecified atom stereocenters. The van der Waals surface area contributed by atoms with Crippen molar-refractivity contribution in [3.63, 3.8) is 0 Å². The number of thioether (sulfide) groups is 1. The summed E-state index contributed by atoms with van der Waals surface area (Å²) < 4.78 is 0. The summed E-state index contributed by atoms with van der Waals surface area (Å²) in [7, 11) is 6.05. The number of hydrogen-bond acceptors (Lipinski definition) is 3. The molecule has 0 aromatic carbocycles. The van der Waals surface area contributed by atoms with Crippen molar-refractivity contribution in [1.82, 2.24) is 15.5 Å². The lowest BCUT2D eigenvalue weighted by Crippen LogP contribution is -2.54. The summed E-state index contributed by atoms with van der Waals surface area (Å²) in [6.07, 6.45) is 6.43. The molecule has 0 amide bonds. The van der Waals surface area contributed by atoms with E-state index in [1.807, 2.05) is 11.8 Å². The smallest absolute Gasteiger partial charge is 0.191 e. The molecular weight excluding hydrogens is 232 g/mol. The zero-order chi connectivity index (χ0) is 12.7. The Hall–Kier alpha value is -0.860. The van der Waals surface area contributed by atoms with Gasteiger partial charge in [-0.15, -0.1) is 6.42 Å². The Morgan fingerprint density at radius 1 is 1.53 bits per heavy atom. The monoisotopic (exact) mass is 254 g/mol. The van der Waals surface area contributed by atoms with Crippen molar-refractivity contribution in [1.29, 1.82) is 0 Å². The number of rotatable bonds is 4. The maximum atomic E-state index is 5.22. The van der Waals surface area contributed by atoms with Gasteiger partial charge in [-0.05, 0) is 26.3 Å². The van der Waals surface area contributed by atoms with E-state index >= 15 is 0 Å². The lowest BCUT2D eigenvalue weighted by atomic mass is 9.97. The van der Waals surface area contributed by atoms with Gasteiger partial charge in [-0.3, -0.25) is 4.99 Å². The predicted octanol–water partition coefficient (Wildman–Crippen LogP) is 0.222. The van der Waals surface area contributed by atoms with Crippen molar-refractivity contribution in [2.24, 2.45) is 4.99 Å². The molecule has 0 bridgehead atoms. The standard InChI is InChI=1S/C12H22N4S/c1-5-7-14-11(13-2)15-9-12(16(3)4)6-8-17-10-12/h1H,6-10H2,2-4H3,(H2,13,14,15). The van der Waals surface area contributed by atoms with Gasteiger partial charge < -0.3 is 15.5 Å². The topological polar surface area (TPSA) is 39.7 Å². The normalized spacial score (nSPS) is 24.8. The Balaban J connectivity index is 2.49. The van der Waals surface area contributed by atoms with E-state index in [4.69, 9.17) is 6.42 Å².